The minimum absolute atomic E-state index is 0.0380. The monoisotopic (exact) mass is 498 g/mol. The lowest BCUT2D eigenvalue weighted by molar-refractivity contribution is -0.126. The zero-order valence-corrected chi connectivity index (χ0v) is 20.7. The van der Waals surface area contributed by atoms with E-state index in [4.69, 9.17) is 15.2 Å². The van der Waals surface area contributed by atoms with Crippen LogP contribution in [0.5, 0.6) is 0 Å². The third-order valence-corrected chi connectivity index (χ3v) is 6.45. The molecular formula is C24H30N6O4S. The molecule has 0 bridgehead atoms. The van der Waals surface area contributed by atoms with E-state index in [-0.39, 0.29) is 25.2 Å². The van der Waals surface area contributed by atoms with E-state index >= 15 is 0 Å². The quantitative estimate of drug-likeness (QED) is 0.461. The van der Waals surface area contributed by atoms with Gasteiger partial charge in [0.25, 0.3) is 0 Å². The zero-order valence-electron chi connectivity index (χ0n) is 19.8. The van der Waals surface area contributed by atoms with Gasteiger partial charge in [-0.15, -0.1) is 22.0 Å². The molecule has 1 atom stereocenters. The number of thioether (sulfide) groups is 1. The maximum absolute atomic E-state index is 12.8. The van der Waals surface area contributed by atoms with Gasteiger partial charge in [0.1, 0.15) is 12.6 Å². The van der Waals surface area contributed by atoms with Crippen LogP contribution in [-0.2, 0) is 27.5 Å². The van der Waals surface area contributed by atoms with Crippen molar-refractivity contribution < 1.29 is 19.1 Å². The van der Waals surface area contributed by atoms with Crippen LogP contribution in [0.15, 0.2) is 48.5 Å². The highest BCUT2D eigenvalue weighted by molar-refractivity contribution is 7.99. The molecular weight excluding hydrogens is 468 g/mol. The first-order valence-corrected chi connectivity index (χ1v) is 12.5. The van der Waals surface area contributed by atoms with Crippen LogP contribution in [0.3, 0.4) is 0 Å². The summed E-state index contributed by atoms with van der Waals surface area (Å²) in [5, 5.41) is 11.5. The first-order valence-electron chi connectivity index (χ1n) is 11.4. The molecule has 0 spiro atoms. The van der Waals surface area contributed by atoms with Crippen molar-refractivity contribution in [1.82, 2.24) is 24.8 Å². The largest absolute Gasteiger partial charge is 0.443 e. The van der Waals surface area contributed by atoms with E-state index in [9.17, 15) is 9.59 Å². The van der Waals surface area contributed by atoms with E-state index in [1.807, 2.05) is 42.5 Å². The molecule has 11 heteroatoms. The predicted molar refractivity (Wildman–Crippen MR) is 132 cm³/mol. The van der Waals surface area contributed by atoms with Crippen molar-refractivity contribution >= 4 is 29.4 Å². The van der Waals surface area contributed by atoms with Crippen LogP contribution < -0.4 is 11.1 Å². The molecule has 4 rings (SSSR count). The molecule has 1 aromatic carbocycles. The summed E-state index contributed by atoms with van der Waals surface area (Å²) < 4.78 is 13.3. The van der Waals surface area contributed by atoms with E-state index in [1.54, 1.807) is 41.0 Å². The van der Waals surface area contributed by atoms with Crippen molar-refractivity contribution in [2.24, 2.45) is 5.73 Å². The highest BCUT2D eigenvalue weighted by Crippen LogP contribution is 2.20. The fraction of sp³-hybridized carbons (Fsp3) is 0.417. The molecule has 0 saturated carbocycles. The van der Waals surface area contributed by atoms with Gasteiger partial charge >= 0.3 is 6.09 Å². The van der Waals surface area contributed by atoms with Gasteiger partial charge in [0, 0.05) is 12.3 Å². The maximum Gasteiger partial charge on any atom is 0.410 e. The van der Waals surface area contributed by atoms with Gasteiger partial charge in [-0.1, -0.05) is 36.4 Å². The van der Waals surface area contributed by atoms with E-state index in [0.29, 0.717) is 36.2 Å². The lowest BCUT2D eigenvalue weighted by atomic mass is 10.1. The number of nitrogens with two attached hydrogens (primary N) is 1. The Bertz CT molecular complexity index is 1160. The summed E-state index contributed by atoms with van der Waals surface area (Å²) in [5.74, 6) is 1.65. The molecule has 0 aliphatic carbocycles. The molecule has 3 heterocycles. The third kappa shape index (κ3) is 6.30. The Morgan fingerprint density at radius 1 is 1.14 bits per heavy atom. The highest BCUT2D eigenvalue weighted by atomic mass is 32.2. The molecule has 2 amide bonds. The number of rotatable bonds is 9. The van der Waals surface area contributed by atoms with Gasteiger partial charge in [0.2, 0.25) is 5.91 Å². The van der Waals surface area contributed by atoms with E-state index in [2.05, 4.69) is 15.5 Å². The van der Waals surface area contributed by atoms with Gasteiger partial charge in [0.05, 0.1) is 30.3 Å². The second-order valence-corrected chi connectivity index (χ2v) is 9.95. The van der Waals surface area contributed by atoms with Crippen LogP contribution in [0.2, 0.25) is 0 Å². The van der Waals surface area contributed by atoms with Gasteiger partial charge in [-0.05, 0) is 31.5 Å². The Morgan fingerprint density at radius 3 is 2.66 bits per heavy atom. The first-order chi connectivity index (χ1) is 16.8. The predicted octanol–water partition coefficient (Wildman–Crippen LogP) is 2.48. The summed E-state index contributed by atoms with van der Waals surface area (Å²) in [6, 6.07) is 14.6. The van der Waals surface area contributed by atoms with Gasteiger partial charge in [-0.25, -0.2) is 4.79 Å². The number of aromatic nitrogens is 3. The number of hydrogen-bond acceptors (Lipinski definition) is 8. The Balaban J connectivity index is 1.56. The Hall–Kier alpha value is -3.15. The summed E-state index contributed by atoms with van der Waals surface area (Å²) in [5.41, 5.74) is 7.19. The fourth-order valence-corrected chi connectivity index (χ4v) is 4.48. The lowest BCUT2D eigenvalue weighted by Crippen LogP contribution is -2.51. The van der Waals surface area contributed by atoms with Gasteiger partial charge in [0.15, 0.2) is 11.5 Å². The second-order valence-electron chi connectivity index (χ2n) is 8.87. The Kier molecular flexibility index (Phi) is 7.89. The SMILES string of the molecule is CC(C)(N)C(=O)N[C@H](COCc1ccccc1)c1nnc2cccc(COC(=O)N3CCSC3)n12. The minimum Gasteiger partial charge on any atom is -0.443 e. The Morgan fingerprint density at radius 2 is 1.94 bits per heavy atom. The average Bonchev–Trinajstić information content (AvgIpc) is 3.52. The maximum atomic E-state index is 12.8. The number of pyridine rings is 1. The Labute approximate surface area is 208 Å². The molecule has 0 unspecified atom stereocenters. The number of nitrogens with one attached hydrogen (secondary N) is 1. The van der Waals surface area contributed by atoms with Crippen LogP contribution >= 0.6 is 11.8 Å². The van der Waals surface area contributed by atoms with Crippen LogP contribution in [0.25, 0.3) is 5.65 Å². The van der Waals surface area contributed by atoms with Crippen molar-refractivity contribution in [3.8, 4) is 0 Å². The van der Waals surface area contributed by atoms with Gasteiger partial charge in [-0.2, -0.15) is 0 Å². The molecule has 2 aromatic heterocycles. The number of carbonyl (C=O) groups is 2. The number of hydrogen-bond donors (Lipinski definition) is 2. The van der Waals surface area contributed by atoms with Gasteiger partial charge in [-0.3, -0.25) is 14.1 Å². The zero-order chi connectivity index (χ0) is 24.8. The van der Waals surface area contributed by atoms with Crippen LogP contribution in [0.1, 0.15) is 37.0 Å². The normalized spacial score (nSPS) is 14.8. The number of ether oxygens (including phenoxy) is 2. The van der Waals surface area contributed by atoms with Gasteiger partial charge < -0.3 is 20.5 Å². The topological polar surface area (TPSA) is 124 Å². The van der Waals surface area contributed by atoms with Crippen molar-refractivity contribution in [2.75, 3.05) is 24.8 Å². The summed E-state index contributed by atoms with van der Waals surface area (Å²) in [7, 11) is 0. The van der Waals surface area contributed by atoms with Crippen LogP contribution in [0, 0.1) is 0 Å². The highest BCUT2D eigenvalue weighted by Gasteiger charge is 2.29. The standard InChI is InChI=1S/C24H30N6O4S/c1-24(2,25)22(31)26-19(15-33-13-17-7-4-3-5-8-17)21-28-27-20-10-6-9-18(30(20)21)14-34-23(32)29-11-12-35-16-29/h3-10,19H,11-16,25H2,1-2H3,(H,26,31)/t19-/m1/s1. The second kappa shape index (κ2) is 11.1. The molecule has 186 valence electrons. The van der Waals surface area contributed by atoms with Crippen molar-refractivity contribution in [3.63, 3.8) is 0 Å². The smallest absolute Gasteiger partial charge is 0.410 e. The summed E-state index contributed by atoms with van der Waals surface area (Å²) >= 11 is 1.69. The lowest BCUT2D eigenvalue weighted by Gasteiger charge is -2.24. The molecule has 0 radical (unpaired) electrons. The number of carbonyl (C=O) groups excluding carboxylic acids is 2. The van der Waals surface area contributed by atoms with E-state index in [0.717, 1.165) is 11.3 Å². The summed E-state index contributed by atoms with van der Waals surface area (Å²) in [4.78, 5) is 26.8. The minimum atomic E-state index is -1.09. The molecule has 1 fully saturated rings. The third-order valence-electron chi connectivity index (χ3n) is 5.49. The molecule has 10 nitrogen and oxygen atoms in total. The van der Waals surface area contributed by atoms with Crippen LogP contribution in [-0.4, -0.2) is 61.8 Å². The molecule has 35 heavy (non-hydrogen) atoms. The number of nitrogens with zero attached hydrogens (tertiary/aromatic N) is 4. The van der Waals surface area contributed by atoms with Crippen molar-refractivity contribution in [3.05, 3.63) is 65.6 Å². The molecule has 3 N–H and O–H groups in total. The van der Waals surface area contributed by atoms with Crippen molar-refractivity contribution in [1.29, 1.82) is 0 Å². The summed E-state index contributed by atoms with van der Waals surface area (Å²) in [6.45, 7) is 4.50. The number of amides is 2. The summed E-state index contributed by atoms with van der Waals surface area (Å²) in [6.07, 6.45) is -0.359. The molecule has 3 aromatic rings. The molecule has 1 saturated heterocycles. The van der Waals surface area contributed by atoms with Crippen LogP contribution in [0.4, 0.5) is 4.79 Å². The van der Waals surface area contributed by atoms with E-state index in [1.165, 1.54) is 0 Å². The molecule has 1 aliphatic rings. The van der Waals surface area contributed by atoms with Crippen molar-refractivity contribution in [2.45, 2.75) is 38.6 Å². The average molecular weight is 499 g/mol. The molecule has 1 aliphatic heterocycles. The first kappa shape index (κ1) is 25.0. The fourth-order valence-electron chi connectivity index (χ4n) is 3.55. The number of fused-ring (bicyclic) bond motifs is 1. The van der Waals surface area contributed by atoms with E-state index < -0.39 is 11.6 Å². The number of benzene rings is 1.